The van der Waals surface area contributed by atoms with Gasteiger partial charge in [-0.25, -0.2) is 5.48 Å². The maximum Gasteiger partial charge on any atom is 0.277 e. The zero-order valence-electron chi connectivity index (χ0n) is 12.0. The Kier molecular flexibility index (Phi) is 4.70. The number of nitrogens with one attached hydrogen (secondary N) is 1. The van der Waals surface area contributed by atoms with E-state index in [-0.39, 0.29) is 0 Å². The summed E-state index contributed by atoms with van der Waals surface area (Å²) < 4.78 is 5.61. The molecule has 0 bridgehead atoms. The summed E-state index contributed by atoms with van der Waals surface area (Å²) in [7, 11) is 0. The van der Waals surface area contributed by atoms with E-state index in [9.17, 15) is 4.79 Å². The number of hydrogen-bond donors (Lipinski definition) is 2. The SMILES string of the molecule is O=C(NO)c1ccc(CSc2nnc(-c3ccccc3)o2)cc1. The average molecular weight is 327 g/mol. The zero-order valence-corrected chi connectivity index (χ0v) is 12.8. The van der Waals surface area contributed by atoms with Crippen LogP contribution in [0.1, 0.15) is 15.9 Å². The molecule has 0 fully saturated rings. The molecule has 116 valence electrons. The van der Waals surface area contributed by atoms with Gasteiger partial charge in [0.15, 0.2) is 0 Å². The van der Waals surface area contributed by atoms with E-state index in [1.165, 1.54) is 11.8 Å². The minimum atomic E-state index is -0.534. The van der Waals surface area contributed by atoms with E-state index < -0.39 is 5.91 Å². The Labute approximate surface area is 136 Å². The maximum atomic E-state index is 11.2. The normalized spacial score (nSPS) is 10.5. The lowest BCUT2D eigenvalue weighted by Crippen LogP contribution is -2.18. The third-order valence-electron chi connectivity index (χ3n) is 3.11. The van der Waals surface area contributed by atoms with Gasteiger partial charge in [0, 0.05) is 16.9 Å². The predicted molar refractivity (Wildman–Crippen MR) is 85.0 cm³/mol. The number of amides is 1. The number of hydroxylamine groups is 1. The summed E-state index contributed by atoms with van der Waals surface area (Å²) in [6, 6.07) is 16.5. The molecule has 0 saturated carbocycles. The first-order valence-corrected chi connectivity index (χ1v) is 7.80. The Morgan fingerprint density at radius 3 is 2.52 bits per heavy atom. The van der Waals surface area contributed by atoms with Gasteiger partial charge in [-0.2, -0.15) is 0 Å². The molecule has 0 aliphatic carbocycles. The van der Waals surface area contributed by atoms with Gasteiger partial charge in [-0.3, -0.25) is 10.0 Å². The Morgan fingerprint density at radius 1 is 1.09 bits per heavy atom. The van der Waals surface area contributed by atoms with E-state index in [1.807, 2.05) is 42.5 Å². The molecule has 3 rings (SSSR count). The molecule has 2 aromatic carbocycles. The number of hydrogen-bond acceptors (Lipinski definition) is 6. The van der Waals surface area contributed by atoms with Crippen LogP contribution < -0.4 is 5.48 Å². The Morgan fingerprint density at radius 2 is 1.83 bits per heavy atom. The van der Waals surface area contributed by atoms with Crippen LogP contribution in [-0.2, 0) is 5.75 Å². The first-order valence-electron chi connectivity index (χ1n) is 6.81. The summed E-state index contributed by atoms with van der Waals surface area (Å²) in [5.74, 6) is 0.592. The van der Waals surface area contributed by atoms with Crippen molar-refractivity contribution < 1.29 is 14.4 Å². The minimum Gasteiger partial charge on any atom is -0.411 e. The van der Waals surface area contributed by atoms with E-state index in [4.69, 9.17) is 9.62 Å². The van der Waals surface area contributed by atoms with E-state index in [2.05, 4.69) is 10.2 Å². The van der Waals surface area contributed by atoms with Crippen LogP contribution in [0.2, 0.25) is 0 Å². The van der Waals surface area contributed by atoms with Crippen LogP contribution >= 0.6 is 11.8 Å². The molecule has 3 aromatic rings. The van der Waals surface area contributed by atoms with Gasteiger partial charge < -0.3 is 4.42 Å². The quantitative estimate of drug-likeness (QED) is 0.425. The second-order valence-corrected chi connectivity index (χ2v) is 5.59. The lowest BCUT2D eigenvalue weighted by Gasteiger charge is -2.01. The molecule has 7 heteroatoms. The van der Waals surface area contributed by atoms with Crippen molar-refractivity contribution in [2.75, 3.05) is 0 Å². The molecular weight excluding hydrogens is 314 g/mol. The molecule has 0 spiro atoms. The molecule has 6 nitrogen and oxygen atoms in total. The van der Waals surface area contributed by atoms with Crippen molar-refractivity contribution in [1.82, 2.24) is 15.7 Å². The molecule has 0 radical (unpaired) electrons. The molecule has 1 aromatic heterocycles. The Hall–Kier alpha value is -2.64. The fourth-order valence-electron chi connectivity index (χ4n) is 1.93. The van der Waals surface area contributed by atoms with E-state index >= 15 is 0 Å². The number of nitrogens with zero attached hydrogens (tertiary/aromatic N) is 2. The topological polar surface area (TPSA) is 88.2 Å². The highest BCUT2D eigenvalue weighted by molar-refractivity contribution is 7.98. The summed E-state index contributed by atoms with van der Waals surface area (Å²) >= 11 is 1.42. The highest BCUT2D eigenvalue weighted by atomic mass is 32.2. The fourth-order valence-corrected chi connectivity index (χ4v) is 2.65. The molecule has 1 heterocycles. The first-order chi connectivity index (χ1) is 11.3. The number of aromatic nitrogens is 2. The highest BCUT2D eigenvalue weighted by Gasteiger charge is 2.09. The highest BCUT2D eigenvalue weighted by Crippen LogP contribution is 2.25. The van der Waals surface area contributed by atoms with Crippen LogP contribution in [0.25, 0.3) is 11.5 Å². The van der Waals surface area contributed by atoms with E-state index in [0.29, 0.717) is 22.4 Å². The van der Waals surface area contributed by atoms with Crippen molar-refractivity contribution in [3.8, 4) is 11.5 Å². The molecule has 0 atom stereocenters. The van der Waals surface area contributed by atoms with Crippen molar-refractivity contribution in [2.24, 2.45) is 0 Å². The maximum absolute atomic E-state index is 11.2. The van der Waals surface area contributed by atoms with E-state index in [0.717, 1.165) is 11.1 Å². The molecular formula is C16H13N3O3S. The second kappa shape index (κ2) is 7.08. The Balaban J connectivity index is 1.63. The third-order valence-corrected chi connectivity index (χ3v) is 4.00. The molecule has 0 aliphatic rings. The van der Waals surface area contributed by atoms with Gasteiger partial charge in [-0.15, -0.1) is 10.2 Å². The molecule has 0 saturated heterocycles. The summed E-state index contributed by atoms with van der Waals surface area (Å²) in [5.41, 5.74) is 3.88. The molecule has 2 N–H and O–H groups in total. The molecule has 0 unspecified atom stereocenters. The minimum absolute atomic E-state index is 0.394. The van der Waals surface area contributed by atoms with Crippen molar-refractivity contribution in [3.63, 3.8) is 0 Å². The van der Waals surface area contributed by atoms with Crippen LogP contribution in [0.15, 0.2) is 64.2 Å². The average Bonchev–Trinajstić information content (AvgIpc) is 3.09. The lowest BCUT2D eigenvalue weighted by atomic mass is 10.1. The van der Waals surface area contributed by atoms with Crippen LogP contribution in [-0.4, -0.2) is 21.3 Å². The number of thioether (sulfide) groups is 1. The van der Waals surface area contributed by atoms with Crippen LogP contribution in [0.4, 0.5) is 0 Å². The zero-order chi connectivity index (χ0) is 16.1. The van der Waals surface area contributed by atoms with Gasteiger partial charge in [0.05, 0.1) is 0 Å². The van der Waals surface area contributed by atoms with Gasteiger partial charge in [0.2, 0.25) is 5.89 Å². The third kappa shape index (κ3) is 3.77. The van der Waals surface area contributed by atoms with E-state index in [1.54, 1.807) is 17.6 Å². The second-order valence-electron chi connectivity index (χ2n) is 4.67. The van der Waals surface area contributed by atoms with Gasteiger partial charge in [0.25, 0.3) is 11.1 Å². The van der Waals surface area contributed by atoms with Crippen molar-refractivity contribution in [3.05, 3.63) is 65.7 Å². The van der Waals surface area contributed by atoms with Crippen molar-refractivity contribution >= 4 is 17.7 Å². The monoisotopic (exact) mass is 327 g/mol. The van der Waals surface area contributed by atoms with Crippen molar-refractivity contribution in [1.29, 1.82) is 0 Å². The molecule has 1 amide bonds. The lowest BCUT2D eigenvalue weighted by molar-refractivity contribution is 0.0706. The summed E-state index contributed by atoms with van der Waals surface area (Å²) in [6.45, 7) is 0. The van der Waals surface area contributed by atoms with Gasteiger partial charge >= 0.3 is 0 Å². The summed E-state index contributed by atoms with van der Waals surface area (Å²) in [5, 5.41) is 17.1. The predicted octanol–water partition coefficient (Wildman–Crippen LogP) is 3.15. The number of carbonyl (C=O) groups is 1. The van der Waals surface area contributed by atoms with Crippen LogP contribution in [0.3, 0.4) is 0 Å². The smallest absolute Gasteiger partial charge is 0.277 e. The molecule has 23 heavy (non-hydrogen) atoms. The number of carbonyl (C=O) groups excluding carboxylic acids is 1. The largest absolute Gasteiger partial charge is 0.411 e. The standard InChI is InChI=1S/C16H13N3O3S/c20-14(19-21)12-8-6-11(7-9-12)10-23-16-18-17-15(22-16)13-4-2-1-3-5-13/h1-9,21H,10H2,(H,19,20). The van der Waals surface area contributed by atoms with Crippen LogP contribution in [0.5, 0.6) is 0 Å². The Bertz CT molecular complexity index is 788. The first kappa shape index (κ1) is 15.3. The number of benzene rings is 2. The molecule has 0 aliphatic heterocycles. The van der Waals surface area contributed by atoms with Crippen molar-refractivity contribution in [2.45, 2.75) is 11.0 Å². The van der Waals surface area contributed by atoms with Gasteiger partial charge in [0.1, 0.15) is 0 Å². The van der Waals surface area contributed by atoms with Gasteiger partial charge in [-0.05, 0) is 29.8 Å². The number of rotatable bonds is 5. The summed E-state index contributed by atoms with van der Waals surface area (Å²) in [6.07, 6.45) is 0. The van der Waals surface area contributed by atoms with Gasteiger partial charge in [-0.1, -0.05) is 42.1 Å². The van der Waals surface area contributed by atoms with Crippen LogP contribution in [0, 0.1) is 0 Å². The summed E-state index contributed by atoms with van der Waals surface area (Å²) in [4.78, 5) is 11.2. The fraction of sp³-hybridized carbons (Fsp3) is 0.0625.